The number of aryl methyl sites for hydroxylation is 1. The van der Waals surface area contributed by atoms with Crippen LogP contribution in [-0.2, 0) is 29.1 Å². The molecule has 0 saturated carbocycles. The molecule has 114 valence electrons. The van der Waals surface area contributed by atoms with Crippen molar-refractivity contribution in [3.05, 3.63) is 30.4 Å². The summed E-state index contributed by atoms with van der Waals surface area (Å²) < 4.78 is 2.12. The minimum absolute atomic E-state index is 0.0382. The van der Waals surface area contributed by atoms with Crippen molar-refractivity contribution in [2.75, 3.05) is 19.6 Å². The number of nitrogens with zero attached hydrogens (tertiary/aromatic N) is 4. The molecule has 0 aliphatic carbocycles. The first-order valence-corrected chi connectivity index (χ1v) is 7.32. The first-order valence-electron chi connectivity index (χ1n) is 7.32. The lowest BCUT2D eigenvalue weighted by Gasteiger charge is -2.29. The van der Waals surface area contributed by atoms with Gasteiger partial charge in [-0.25, -0.2) is 4.98 Å². The number of aromatic nitrogens is 2. The van der Waals surface area contributed by atoms with Gasteiger partial charge in [0.1, 0.15) is 6.54 Å². The summed E-state index contributed by atoms with van der Waals surface area (Å²) in [6, 6.07) is 0. The molecular formula is C15H22N4O2. The lowest BCUT2D eigenvalue weighted by Crippen LogP contribution is -2.44. The van der Waals surface area contributed by atoms with Gasteiger partial charge in [0.05, 0.1) is 18.6 Å². The number of hydrogen-bond acceptors (Lipinski definition) is 3. The van der Waals surface area contributed by atoms with E-state index in [2.05, 4.69) is 23.1 Å². The Morgan fingerprint density at radius 2 is 2.24 bits per heavy atom. The number of amides is 2. The molecule has 2 rings (SSSR count). The van der Waals surface area contributed by atoms with Gasteiger partial charge in [-0.15, -0.1) is 0 Å². The van der Waals surface area contributed by atoms with E-state index in [4.69, 9.17) is 0 Å². The largest absolute Gasteiger partial charge is 0.335 e. The lowest BCUT2D eigenvalue weighted by molar-refractivity contribution is -0.138. The molecule has 1 aromatic heterocycles. The molecule has 6 nitrogen and oxygen atoms in total. The zero-order valence-electron chi connectivity index (χ0n) is 12.7. The quantitative estimate of drug-likeness (QED) is 0.755. The molecule has 1 aromatic rings. The van der Waals surface area contributed by atoms with Crippen molar-refractivity contribution in [2.45, 2.75) is 33.4 Å². The molecule has 21 heavy (non-hydrogen) atoms. The Balaban J connectivity index is 2.02. The average molecular weight is 290 g/mol. The molecular weight excluding hydrogens is 268 g/mol. The molecule has 0 spiro atoms. The van der Waals surface area contributed by atoms with E-state index in [0.29, 0.717) is 19.6 Å². The van der Waals surface area contributed by atoms with Crippen molar-refractivity contribution in [1.82, 2.24) is 19.4 Å². The molecule has 0 N–H and O–H groups in total. The first-order chi connectivity index (χ1) is 10.1. The lowest BCUT2D eigenvalue weighted by atomic mass is 10.1. The van der Waals surface area contributed by atoms with E-state index in [-0.39, 0.29) is 18.4 Å². The van der Waals surface area contributed by atoms with Crippen LogP contribution >= 0.6 is 0 Å². The Morgan fingerprint density at radius 1 is 1.48 bits per heavy atom. The van der Waals surface area contributed by atoms with Crippen LogP contribution in [0.15, 0.2) is 19.0 Å². The molecule has 0 aromatic carbocycles. The van der Waals surface area contributed by atoms with E-state index in [1.807, 2.05) is 13.3 Å². The van der Waals surface area contributed by atoms with Crippen LogP contribution in [0.3, 0.4) is 0 Å². The van der Waals surface area contributed by atoms with E-state index >= 15 is 0 Å². The fraction of sp³-hybridized carbons (Fsp3) is 0.533. The molecule has 0 saturated heterocycles. The van der Waals surface area contributed by atoms with Crippen molar-refractivity contribution >= 4 is 11.8 Å². The summed E-state index contributed by atoms with van der Waals surface area (Å²) in [5, 5.41) is 0. The fourth-order valence-corrected chi connectivity index (χ4v) is 2.59. The third-order valence-electron chi connectivity index (χ3n) is 3.88. The maximum absolute atomic E-state index is 12.3. The van der Waals surface area contributed by atoms with Crippen molar-refractivity contribution in [3.63, 3.8) is 0 Å². The maximum atomic E-state index is 12.3. The van der Waals surface area contributed by atoms with Gasteiger partial charge in [0.2, 0.25) is 11.8 Å². The van der Waals surface area contributed by atoms with E-state index in [1.165, 1.54) is 16.7 Å². The van der Waals surface area contributed by atoms with Gasteiger partial charge >= 0.3 is 0 Å². The summed E-state index contributed by atoms with van der Waals surface area (Å²) in [4.78, 5) is 31.6. The van der Waals surface area contributed by atoms with Gasteiger partial charge in [0.25, 0.3) is 0 Å². The van der Waals surface area contributed by atoms with Crippen LogP contribution in [0.4, 0.5) is 0 Å². The third-order valence-corrected chi connectivity index (χ3v) is 3.88. The number of imidazole rings is 1. The molecule has 0 radical (unpaired) electrons. The maximum Gasteiger partial charge on any atom is 0.246 e. The molecule has 2 amide bonds. The molecule has 2 heterocycles. The van der Waals surface area contributed by atoms with Crippen molar-refractivity contribution in [1.29, 1.82) is 0 Å². The molecule has 1 aliphatic rings. The summed E-state index contributed by atoms with van der Waals surface area (Å²) in [6.07, 6.45) is 3.89. The van der Waals surface area contributed by atoms with Crippen LogP contribution < -0.4 is 0 Å². The Kier molecular flexibility index (Phi) is 4.77. The molecule has 0 atom stereocenters. The van der Waals surface area contributed by atoms with Crippen LogP contribution in [0.5, 0.6) is 0 Å². The van der Waals surface area contributed by atoms with Gasteiger partial charge < -0.3 is 14.4 Å². The minimum atomic E-state index is -0.209. The van der Waals surface area contributed by atoms with Gasteiger partial charge in [-0.1, -0.05) is 6.58 Å². The highest BCUT2D eigenvalue weighted by Gasteiger charge is 2.25. The molecule has 0 fully saturated rings. The van der Waals surface area contributed by atoms with E-state index in [1.54, 1.807) is 4.90 Å². The predicted octanol–water partition coefficient (Wildman–Crippen LogP) is 0.822. The summed E-state index contributed by atoms with van der Waals surface area (Å²) in [6.45, 7) is 10.1. The zero-order valence-corrected chi connectivity index (χ0v) is 12.7. The van der Waals surface area contributed by atoms with Gasteiger partial charge in [-0.3, -0.25) is 9.59 Å². The van der Waals surface area contributed by atoms with E-state index in [0.717, 1.165) is 18.7 Å². The summed E-state index contributed by atoms with van der Waals surface area (Å²) in [7, 11) is 0. The number of carbonyl (C=O) groups excluding carboxylic acids is 2. The minimum Gasteiger partial charge on any atom is -0.335 e. The summed E-state index contributed by atoms with van der Waals surface area (Å²) in [5.74, 6) is -0.248. The average Bonchev–Trinajstić information content (AvgIpc) is 2.93. The number of hydrogen-bond donors (Lipinski definition) is 0. The van der Waals surface area contributed by atoms with Gasteiger partial charge in [-0.2, -0.15) is 0 Å². The Bertz CT molecular complexity index is 550. The molecule has 0 unspecified atom stereocenters. The van der Waals surface area contributed by atoms with Crippen molar-refractivity contribution in [2.24, 2.45) is 0 Å². The zero-order chi connectivity index (χ0) is 15.4. The van der Waals surface area contributed by atoms with Crippen LogP contribution in [0.2, 0.25) is 0 Å². The van der Waals surface area contributed by atoms with Crippen LogP contribution in [0.25, 0.3) is 0 Å². The second-order valence-electron chi connectivity index (χ2n) is 5.05. The number of likely N-dealkylation sites (N-methyl/N-ethyl adjacent to an activating group) is 1. The Morgan fingerprint density at radius 3 is 2.86 bits per heavy atom. The van der Waals surface area contributed by atoms with Crippen LogP contribution in [0.1, 0.15) is 25.2 Å². The Labute approximate surface area is 125 Å². The van der Waals surface area contributed by atoms with Crippen molar-refractivity contribution < 1.29 is 9.59 Å². The monoisotopic (exact) mass is 290 g/mol. The highest BCUT2D eigenvalue weighted by atomic mass is 16.2. The van der Waals surface area contributed by atoms with Crippen LogP contribution in [-0.4, -0.2) is 50.8 Å². The number of carbonyl (C=O) groups is 2. The molecule has 0 bridgehead atoms. The topological polar surface area (TPSA) is 58.4 Å². The number of rotatable bonds is 5. The second-order valence-corrected chi connectivity index (χ2v) is 5.05. The van der Waals surface area contributed by atoms with Gasteiger partial charge in [-0.05, 0) is 19.9 Å². The standard InChI is InChI=1S/C15H22N4O2/c1-4-14(20)17(5-2)10-15(21)19-8-7-13-12(9-19)16-11-18(13)6-3/h4,11H,1,5-10H2,2-3H3. The smallest absolute Gasteiger partial charge is 0.246 e. The first kappa shape index (κ1) is 15.3. The molecule has 1 aliphatic heterocycles. The highest BCUT2D eigenvalue weighted by molar-refractivity contribution is 5.90. The summed E-state index contributed by atoms with van der Waals surface area (Å²) in [5.41, 5.74) is 2.19. The van der Waals surface area contributed by atoms with Crippen LogP contribution in [0, 0.1) is 0 Å². The van der Waals surface area contributed by atoms with E-state index in [9.17, 15) is 9.59 Å². The van der Waals surface area contributed by atoms with Crippen molar-refractivity contribution in [3.8, 4) is 0 Å². The fourth-order valence-electron chi connectivity index (χ4n) is 2.59. The molecule has 6 heteroatoms. The third kappa shape index (κ3) is 3.15. The predicted molar refractivity (Wildman–Crippen MR) is 79.5 cm³/mol. The van der Waals surface area contributed by atoms with Gasteiger partial charge in [0, 0.05) is 31.7 Å². The second kappa shape index (κ2) is 6.56. The summed E-state index contributed by atoms with van der Waals surface area (Å²) >= 11 is 0. The normalized spacial score (nSPS) is 13.7. The SMILES string of the molecule is C=CC(=O)N(CC)CC(=O)N1CCc2c(ncn2CC)C1. The van der Waals surface area contributed by atoms with E-state index < -0.39 is 0 Å². The Hall–Kier alpha value is -2.11. The highest BCUT2D eigenvalue weighted by Crippen LogP contribution is 2.18. The number of fused-ring (bicyclic) bond motifs is 1. The van der Waals surface area contributed by atoms with Gasteiger partial charge in [0.15, 0.2) is 0 Å².